The van der Waals surface area contributed by atoms with Crippen molar-refractivity contribution < 1.29 is 9.90 Å². The van der Waals surface area contributed by atoms with Gasteiger partial charge in [-0.25, -0.2) is 0 Å². The van der Waals surface area contributed by atoms with Crippen molar-refractivity contribution in [3.63, 3.8) is 0 Å². The number of fused-ring (bicyclic) bond motifs is 1. The van der Waals surface area contributed by atoms with Gasteiger partial charge in [-0.05, 0) is 52.2 Å². The van der Waals surface area contributed by atoms with Crippen LogP contribution in [0.25, 0.3) is 11.1 Å². The standard InChI is InChI=1S/C18H13NO2S/c20-17-3-1-2-15-16(17)10-19(18(15)21)14-6-4-12(5-7-14)13-8-9-22-11-13/h1-9,11,20H,10H2. The number of phenols is 1. The molecular weight excluding hydrogens is 294 g/mol. The summed E-state index contributed by atoms with van der Waals surface area (Å²) in [5.74, 6) is 0.123. The number of thiophene rings is 1. The number of carbonyl (C=O) groups is 1. The Morgan fingerprint density at radius 3 is 2.50 bits per heavy atom. The van der Waals surface area contributed by atoms with Crippen molar-refractivity contribution in [1.82, 2.24) is 0 Å². The zero-order valence-corrected chi connectivity index (χ0v) is 12.5. The lowest BCUT2D eigenvalue weighted by atomic mass is 10.1. The SMILES string of the molecule is O=C1c2cccc(O)c2CN1c1ccc(-c2ccsc2)cc1. The van der Waals surface area contributed by atoms with E-state index in [1.165, 1.54) is 5.56 Å². The predicted molar refractivity (Wildman–Crippen MR) is 88.4 cm³/mol. The summed E-state index contributed by atoms with van der Waals surface area (Å²) in [5, 5.41) is 14.1. The second-order valence-corrected chi connectivity index (χ2v) is 6.03. The molecule has 0 radical (unpaired) electrons. The minimum atomic E-state index is -0.0609. The number of rotatable bonds is 2. The summed E-state index contributed by atoms with van der Waals surface area (Å²) in [4.78, 5) is 14.2. The molecule has 22 heavy (non-hydrogen) atoms. The third-order valence-electron chi connectivity index (χ3n) is 3.98. The zero-order chi connectivity index (χ0) is 15.1. The summed E-state index contributed by atoms with van der Waals surface area (Å²) in [7, 11) is 0. The lowest BCUT2D eigenvalue weighted by Crippen LogP contribution is -2.22. The summed E-state index contributed by atoms with van der Waals surface area (Å²) in [6.07, 6.45) is 0. The molecular formula is C18H13NO2S. The molecule has 108 valence electrons. The molecule has 3 nitrogen and oxygen atoms in total. The van der Waals surface area contributed by atoms with E-state index >= 15 is 0 Å². The van der Waals surface area contributed by atoms with Gasteiger partial charge in [-0.2, -0.15) is 11.3 Å². The van der Waals surface area contributed by atoms with Gasteiger partial charge in [0.1, 0.15) is 5.75 Å². The van der Waals surface area contributed by atoms with Crippen LogP contribution in [0.5, 0.6) is 5.75 Å². The minimum Gasteiger partial charge on any atom is -0.508 e. The lowest BCUT2D eigenvalue weighted by Gasteiger charge is -2.16. The predicted octanol–water partition coefficient (Wildman–Crippen LogP) is 4.28. The van der Waals surface area contributed by atoms with Gasteiger partial charge < -0.3 is 10.0 Å². The maximum absolute atomic E-state index is 12.5. The van der Waals surface area contributed by atoms with Crippen LogP contribution in [0, 0.1) is 0 Å². The molecule has 1 amide bonds. The molecule has 3 aromatic rings. The average Bonchev–Trinajstić information content (AvgIpc) is 3.17. The maximum atomic E-state index is 12.5. The molecule has 1 N–H and O–H groups in total. The Morgan fingerprint density at radius 1 is 1.00 bits per heavy atom. The van der Waals surface area contributed by atoms with E-state index in [0.717, 1.165) is 11.3 Å². The van der Waals surface area contributed by atoms with Gasteiger partial charge in [0.05, 0.1) is 6.54 Å². The molecule has 4 heteroatoms. The molecule has 0 spiro atoms. The lowest BCUT2D eigenvalue weighted by molar-refractivity contribution is 0.0996. The highest BCUT2D eigenvalue weighted by molar-refractivity contribution is 7.08. The molecule has 0 saturated heterocycles. The van der Waals surface area contributed by atoms with E-state index < -0.39 is 0 Å². The summed E-state index contributed by atoms with van der Waals surface area (Å²) < 4.78 is 0. The van der Waals surface area contributed by atoms with E-state index in [1.54, 1.807) is 34.4 Å². The van der Waals surface area contributed by atoms with Crippen molar-refractivity contribution in [1.29, 1.82) is 0 Å². The molecule has 1 aliphatic heterocycles. The first-order chi connectivity index (χ1) is 10.7. The van der Waals surface area contributed by atoms with Crippen LogP contribution in [0.15, 0.2) is 59.3 Å². The Kier molecular flexibility index (Phi) is 2.98. The highest BCUT2D eigenvalue weighted by atomic mass is 32.1. The molecule has 4 rings (SSSR count). The van der Waals surface area contributed by atoms with Gasteiger partial charge in [0.25, 0.3) is 5.91 Å². The Morgan fingerprint density at radius 2 is 1.82 bits per heavy atom. The Labute approximate surface area is 132 Å². The zero-order valence-electron chi connectivity index (χ0n) is 11.7. The van der Waals surface area contributed by atoms with E-state index in [2.05, 4.69) is 11.4 Å². The van der Waals surface area contributed by atoms with Crippen LogP contribution in [0.1, 0.15) is 15.9 Å². The average molecular weight is 307 g/mol. The first-order valence-electron chi connectivity index (χ1n) is 6.99. The molecule has 0 atom stereocenters. The van der Waals surface area contributed by atoms with Crippen LogP contribution in [0.2, 0.25) is 0 Å². The van der Waals surface area contributed by atoms with Crippen molar-refractivity contribution in [3.05, 3.63) is 70.4 Å². The normalized spacial score (nSPS) is 13.5. The number of amides is 1. The molecule has 1 aliphatic rings. The van der Waals surface area contributed by atoms with Gasteiger partial charge in [-0.15, -0.1) is 0 Å². The Hall–Kier alpha value is -2.59. The Balaban J connectivity index is 1.67. The van der Waals surface area contributed by atoms with Crippen molar-refractivity contribution in [2.75, 3.05) is 4.90 Å². The molecule has 1 aromatic heterocycles. The molecule has 2 heterocycles. The first kappa shape index (κ1) is 13.1. The largest absolute Gasteiger partial charge is 0.508 e. The highest BCUT2D eigenvalue weighted by Crippen LogP contribution is 2.34. The minimum absolute atomic E-state index is 0.0609. The van der Waals surface area contributed by atoms with E-state index in [0.29, 0.717) is 17.7 Å². The number of aromatic hydroxyl groups is 1. The van der Waals surface area contributed by atoms with E-state index in [-0.39, 0.29) is 11.7 Å². The van der Waals surface area contributed by atoms with Gasteiger partial charge in [0, 0.05) is 16.8 Å². The summed E-state index contributed by atoms with van der Waals surface area (Å²) in [5.41, 5.74) is 4.46. The van der Waals surface area contributed by atoms with E-state index in [9.17, 15) is 9.90 Å². The maximum Gasteiger partial charge on any atom is 0.259 e. The van der Waals surface area contributed by atoms with Crippen molar-refractivity contribution in [3.8, 4) is 16.9 Å². The number of hydrogen-bond donors (Lipinski definition) is 1. The van der Waals surface area contributed by atoms with Crippen molar-refractivity contribution in [2.45, 2.75) is 6.54 Å². The first-order valence-corrected chi connectivity index (χ1v) is 7.94. The smallest absolute Gasteiger partial charge is 0.259 e. The molecule has 0 unspecified atom stereocenters. The quantitative estimate of drug-likeness (QED) is 0.767. The van der Waals surface area contributed by atoms with E-state index in [4.69, 9.17) is 0 Å². The second kappa shape index (κ2) is 5.00. The molecule has 0 bridgehead atoms. The number of phenolic OH excluding ortho intramolecular Hbond substituents is 1. The third kappa shape index (κ3) is 2.00. The van der Waals surface area contributed by atoms with Crippen LogP contribution >= 0.6 is 11.3 Å². The summed E-state index contributed by atoms with van der Waals surface area (Å²) in [6.45, 7) is 0.415. The van der Waals surface area contributed by atoms with Gasteiger partial charge in [-0.1, -0.05) is 18.2 Å². The summed E-state index contributed by atoms with van der Waals surface area (Å²) >= 11 is 1.67. The monoisotopic (exact) mass is 307 g/mol. The molecule has 0 saturated carbocycles. The highest BCUT2D eigenvalue weighted by Gasteiger charge is 2.30. The number of hydrogen-bond acceptors (Lipinski definition) is 3. The van der Waals surface area contributed by atoms with Crippen LogP contribution in [-0.4, -0.2) is 11.0 Å². The molecule has 0 fully saturated rings. The van der Waals surface area contributed by atoms with Crippen LogP contribution < -0.4 is 4.90 Å². The Bertz CT molecular complexity index is 838. The van der Waals surface area contributed by atoms with Crippen LogP contribution in [-0.2, 0) is 6.54 Å². The second-order valence-electron chi connectivity index (χ2n) is 5.25. The fourth-order valence-corrected chi connectivity index (χ4v) is 3.45. The van der Waals surface area contributed by atoms with Gasteiger partial charge in [0.15, 0.2) is 0 Å². The van der Waals surface area contributed by atoms with Crippen LogP contribution in [0.3, 0.4) is 0 Å². The number of anilines is 1. The number of benzene rings is 2. The third-order valence-corrected chi connectivity index (χ3v) is 4.66. The number of nitrogens with zero attached hydrogens (tertiary/aromatic N) is 1. The van der Waals surface area contributed by atoms with Gasteiger partial charge >= 0.3 is 0 Å². The molecule has 0 aliphatic carbocycles. The fraction of sp³-hybridized carbons (Fsp3) is 0.0556. The van der Waals surface area contributed by atoms with E-state index in [1.807, 2.05) is 29.6 Å². The van der Waals surface area contributed by atoms with Crippen molar-refractivity contribution in [2.24, 2.45) is 0 Å². The van der Waals surface area contributed by atoms with Gasteiger partial charge in [0.2, 0.25) is 0 Å². The number of carbonyl (C=O) groups excluding carboxylic acids is 1. The van der Waals surface area contributed by atoms with Crippen molar-refractivity contribution >= 4 is 22.9 Å². The molecule has 2 aromatic carbocycles. The topological polar surface area (TPSA) is 40.5 Å². The van der Waals surface area contributed by atoms with Gasteiger partial charge in [-0.3, -0.25) is 4.79 Å². The fourth-order valence-electron chi connectivity index (χ4n) is 2.79. The van der Waals surface area contributed by atoms with Crippen LogP contribution in [0.4, 0.5) is 5.69 Å². The summed E-state index contributed by atoms with van der Waals surface area (Å²) in [6, 6.07) is 15.1.